The maximum absolute atomic E-state index is 2.50. The minimum atomic E-state index is 0.834. The molecular weight excluding hydrogens is 276 g/mol. The lowest BCUT2D eigenvalue weighted by Gasteiger charge is -2.25. The van der Waals surface area contributed by atoms with Crippen molar-refractivity contribution in [2.75, 3.05) is 0 Å². The van der Waals surface area contributed by atoms with Gasteiger partial charge in [0.2, 0.25) is 0 Å². The van der Waals surface area contributed by atoms with Gasteiger partial charge in [-0.25, -0.2) is 0 Å². The Hall–Kier alpha value is 0. The first kappa shape index (κ1) is 23.0. The Labute approximate surface area is 149 Å². The van der Waals surface area contributed by atoms with Gasteiger partial charge in [-0.2, -0.15) is 0 Å². The number of unbranched alkanes of at least 4 members (excludes halogenated alkanes) is 2. The first-order valence-electron chi connectivity index (χ1n) is 10.8. The van der Waals surface area contributed by atoms with E-state index in [1.54, 1.807) is 0 Å². The molecule has 0 heteroatoms. The molecule has 0 aliphatic heterocycles. The van der Waals surface area contributed by atoms with Crippen molar-refractivity contribution in [3.8, 4) is 0 Å². The molecule has 0 aromatic carbocycles. The molecular formula is C23H48. The molecule has 0 bridgehead atoms. The second-order valence-electron chi connectivity index (χ2n) is 8.95. The molecule has 0 fully saturated rings. The van der Waals surface area contributed by atoms with Gasteiger partial charge in [0.15, 0.2) is 0 Å². The highest BCUT2D eigenvalue weighted by Crippen LogP contribution is 2.29. The Morgan fingerprint density at radius 3 is 1.70 bits per heavy atom. The molecule has 23 heavy (non-hydrogen) atoms. The second-order valence-corrected chi connectivity index (χ2v) is 8.95. The average molecular weight is 325 g/mol. The minimum absolute atomic E-state index is 0.834. The van der Waals surface area contributed by atoms with Crippen LogP contribution in [0.1, 0.15) is 113 Å². The summed E-state index contributed by atoms with van der Waals surface area (Å²) in [5.41, 5.74) is 0. The van der Waals surface area contributed by atoms with Crippen LogP contribution in [0.3, 0.4) is 0 Å². The third kappa shape index (κ3) is 10.5. The van der Waals surface area contributed by atoms with Crippen molar-refractivity contribution in [1.82, 2.24) is 0 Å². The van der Waals surface area contributed by atoms with Crippen LogP contribution in [0, 0.1) is 35.5 Å². The van der Waals surface area contributed by atoms with Gasteiger partial charge >= 0.3 is 0 Å². The van der Waals surface area contributed by atoms with Crippen LogP contribution in [0.5, 0.6) is 0 Å². The van der Waals surface area contributed by atoms with Crippen LogP contribution in [0.25, 0.3) is 0 Å². The van der Waals surface area contributed by atoms with Gasteiger partial charge < -0.3 is 0 Å². The SMILES string of the molecule is CCC(C)CCC(C)C(CC)CCCCCC(C)C(C)C(C)C. The fraction of sp³-hybridized carbons (Fsp3) is 1.00. The van der Waals surface area contributed by atoms with Crippen molar-refractivity contribution in [1.29, 1.82) is 0 Å². The van der Waals surface area contributed by atoms with Crippen LogP contribution in [0.2, 0.25) is 0 Å². The summed E-state index contributed by atoms with van der Waals surface area (Å²) in [5.74, 6) is 5.41. The highest BCUT2D eigenvalue weighted by molar-refractivity contribution is 4.68. The van der Waals surface area contributed by atoms with Crippen molar-refractivity contribution in [3.63, 3.8) is 0 Å². The van der Waals surface area contributed by atoms with E-state index in [0.29, 0.717) is 0 Å². The predicted molar refractivity (Wildman–Crippen MR) is 108 cm³/mol. The van der Waals surface area contributed by atoms with E-state index in [4.69, 9.17) is 0 Å². The van der Waals surface area contributed by atoms with Crippen molar-refractivity contribution in [3.05, 3.63) is 0 Å². The van der Waals surface area contributed by atoms with Crippen LogP contribution >= 0.6 is 0 Å². The van der Waals surface area contributed by atoms with Crippen LogP contribution in [-0.4, -0.2) is 0 Å². The summed E-state index contributed by atoms with van der Waals surface area (Å²) in [6.07, 6.45) is 12.8. The lowest BCUT2D eigenvalue weighted by atomic mass is 9.81. The molecule has 0 rings (SSSR count). The van der Waals surface area contributed by atoms with Crippen LogP contribution in [-0.2, 0) is 0 Å². The summed E-state index contributed by atoms with van der Waals surface area (Å²) >= 11 is 0. The predicted octanol–water partition coefficient (Wildman–Crippen LogP) is 8.35. The standard InChI is InChI=1S/C23H48/c1-9-19(5)16-17-21(7)23(10-2)15-13-11-12-14-20(6)22(8)18(3)4/h18-23H,9-17H2,1-8H3. The summed E-state index contributed by atoms with van der Waals surface area (Å²) in [4.78, 5) is 0. The molecule has 140 valence electrons. The highest BCUT2D eigenvalue weighted by atomic mass is 14.2. The molecule has 0 saturated heterocycles. The van der Waals surface area contributed by atoms with Crippen molar-refractivity contribution < 1.29 is 0 Å². The molecule has 0 spiro atoms. The maximum atomic E-state index is 2.50. The summed E-state index contributed by atoms with van der Waals surface area (Å²) < 4.78 is 0. The zero-order valence-electron chi connectivity index (χ0n) is 17.8. The largest absolute Gasteiger partial charge is 0.0651 e. The fourth-order valence-corrected chi connectivity index (χ4v) is 3.85. The lowest BCUT2D eigenvalue weighted by molar-refractivity contribution is 0.264. The fourth-order valence-electron chi connectivity index (χ4n) is 3.85. The normalized spacial score (nSPS) is 18.7. The van der Waals surface area contributed by atoms with Crippen LogP contribution in [0.4, 0.5) is 0 Å². The Balaban J connectivity index is 3.86. The monoisotopic (exact) mass is 324 g/mol. The molecule has 0 aliphatic rings. The van der Waals surface area contributed by atoms with E-state index >= 15 is 0 Å². The Bertz CT molecular complexity index is 255. The third-order valence-corrected chi connectivity index (χ3v) is 6.82. The van der Waals surface area contributed by atoms with E-state index in [9.17, 15) is 0 Å². The molecule has 0 amide bonds. The Morgan fingerprint density at radius 1 is 0.565 bits per heavy atom. The number of rotatable bonds is 14. The van der Waals surface area contributed by atoms with Gasteiger partial charge in [0.1, 0.15) is 0 Å². The highest BCUT2D eigenvalue weighted by Gasteiger charge is 2.17. The lowest BCUT2D eigenvalue weighted by Crippen LogP contribution is -2.14. The zero-order valence-corrected chi connectivity index (χ0v) is 17.8. The van der Waals surface area contributed by atoms with E-state index in [1.807, 2.05) is 0 Å². The van der Waals surface area contributed by atoms with Gasteiger partial charge in [0.05, 0.1) is 0 Å². The van der Waals surface area contributed by atoms with E-state index in [-0.39, 0.29) is 0 Å². The molecule has 0 saturated carbocycles. The van der Waals surface area contributed by atoms with E-state index in [2.05, 4.69) is 55.4 Å². The molecule has 5 unspecified atom stereocenters. The third-order valence-electron chi connectivity index (χ3n) is 6.82. The summed E-state index contributed by atoms with van der Waals surface area (Å²) in [6, 6.07) is 0. The minimum Gasteiger partial charge on any atom is -0.0651 e. The zero-order chi connectivity index (χ0) is 17.8. The maximum Gasteiger partial charge on any atom is -0.0391 e. The van der Waals surface area contributed by atoms with Gasteiger partial charge in [-0.15, -0.1) is 0 Å². The van der Waals surface area contributed by atoms with Crippen molar-refractivity contribution >= 4 is 0 Å². The first-order valence-corrected chi connectivity index (χ1v) is 10.8. The smallest absolute Gasteiger partial charge is 0.0391 e. The molecule has 0 aromatic rings. The number of hydrogen-bond donors (Lipinski definition) is 0. The van der Waals surface area contributed by atoms with Crippen molar-refractivity contribution in [2.45, 2.75) is 113 Å². The summed E-state index contributed by atoms with van der Waals surface area (Å²) in [6.45, 7) is 19.3. The van der Waals surface area contributed by atoms with Gasteiger partial charge in [-0.3, -0.25) is 0 Å². The van der Waals surface area contributed by atoms with Crippen molar-refractivity contribution in [2.24, 2.45) is 35.5 Å². The van der Waals surface area contributed by atoms with E-state index in [0.717, 1.165) is 35.5 Å². The van der Waals surface area contributed by atoms with E-state index < -0.39 is 0 Å². The van der Waals surface area contributed by atoms with E-state index in [1.165, 1.54) is 57.8 Å². The average Bonchev–Trinajstić information content (AvgIpc) is 2.54. The first-order chi connectivity index (χ1) is 10.8. The Kier molecular flexibility index (Phi) is 13.3. The van der Waals surface area contributed by atoms with Gasteiger partial charge in [0.25, 0.3) is 0 Å². The van der Waals surface area contributed by atoms with Gasteiger partial charge in [-0.1, -0.05) is 113 Å². The second kappa shape index (κ2) is 13.3. The summed E-state index contributed by atoms with van der Waals surface area (Å²) in [5, 5.41) is 0. The molecule has 0 N–H and O–H groups in total. The number of hydrogen-bond acceptors (Lipinski definition) is 0. The molecule has 0 aliphatic carbocycles. The topological polar surface area (TPSA) is 0 Å². The quantitative estimate of drug-likeness (QED) is 0.281. The van der Waals surface area contributed by atoms with Crippen LogP contribution in [0.15, 0.2) is 0 Å². The molecule has 5 atom stereocenters. The van der Waals surface area contributed by atoms with Gasteiger partial charge in [0, 0.05) is 0 Å². The molecule has 0 nitrogen and oxygen atoms in total. The Morgan fingerprint density at radius 2 is 1.17 bits per heavy atom. The van der Waals surface area contributed by atoms with Crippen LogP contribution < -0.4 is 0 Å². The molecule has 0 aromatic heterocycles. The molecule has 0 heterocycles. The van der Waals surface area contributed by atoms with Gasteiger partial charge in [-0.05, 0) is 35.5 Å². The summed E-state index contributed by atoms with van der Waals surface area (Å²) in [7, 11) is 0. The molecule has 0 radical (unpaired) electrons.